The van der Waals surface area contributed by atoms with E-state index in [0.717, 1.165) is 5.56 Å². The minimum atomic E-state index is -0.334. The highest BCUT2D eigenvalue weighted by atomic mass is 32.2. The van der Waals surface area contributed by atoms with Gasteiger partial charge in [0.25, 0.3) is 5.56 Å². The Labute approximate surface area is 169 Å². The molecule has 4 rings (SSSR count). The van der Waals surface area contributed by atoms with E-state index in [1.807, 2.05) is 24.3 Å². The Morgan fingerprint density at radius 1 is 1.10 bits per heavy atom. The molecule has 0 unspecified atom stereocenters. The fourth-order valence-corrected chi connectivity index (χ4v) is 3.31. The summed E-state index contributed by atoms with van der Waals surface area (Å²) in [5.41, 5.74) is 1.69. The zero-order valence-electron chi connectivity index (χ0n) is 15.3. The zero-order valence-corrected chi connectivity index (χ0v) is 16.1. The fraction of sp³-hybridized carbons (Fsp3) is 0.100. The van der Waals surface area contributed by atoms with E-state index in [0.29, 0.717) is 39.6 Å². The molecule has 2 aromatic heterocycles. The molecule has 0 saturated heterocycles. The minimum Gasteiger partial charge on any atom is -0.497 e. The van der Waals surface area contributed by atoms with Gasteiger partial charge >= 0.3 is 0 Å². The summed E-state index contributed by atoms with van der Waals surface area (Å²) in [5, 5.41) is 4.33. The largest absolute Gasteiger partial charge is 0.497 e. The average molecular weight is 410 g/mol. The van der Waals surface area contributed by atoms with Crippen LogP contribution < -0.4 is 10.3 Å². The van der Waals surface area contributed by atoms with Crippen LogP contribution in [0.25, 0.3) is 22.6 Å². The van der Waals surface area contributed by atoms with Gasteiger partial charge in [0.1, 0.15) is 11.6 Å². The third-order valence-electron chi connectivity index (χ3n) is 3.99. The molecule has 9 heteroatoms. The number of aromatic amines is 1. The molecule has 146 valence electrons. The van der Waals surface area contributed by atoms with Gasteiger partial charge in [-0.2, -0.15) is 4.98 Å². The van der Waals surface area contributed by atoms with Crippen LogP contribution in [0.5, 0.6) is 5.75 Å². The maximum absolute atomic E-state index is 13.0. The Kier molecular flexibility index (Phi) is 5.39. The summed E-state index contributed by atoms with van der Waals surface area (Å²) >= 11 is 1.26. The van der Waals surface area contributed by atoms with Crippen molar-refractivity contribution in [1.29, 1.82) is 0 Å². The van der Waals surface area contributed by atoms with Crippen molar-refractivity contribution in [2.24, 2.45) is 0 Å². The Morgan fingerprint density at radius 2 is 1.93 bits per heavy atom. The van der Waals surface area contributed by atoms with Gasteiger partial charge in [0.15, 0.2) is 5.16 Å². The monoisotopic (exact) mass is 410 g/mol. The van der Waals surface area contributed by atoms with Gasteiger partial charge in [-0.3, -0.25) is 4.79 Å². The number of rotatable bonds is 6. The Morgan fingerprint density at radius 3 is 2.72 bits per heavy atom. The van der Waals surface area contributed by atoms with E-state index in [2.05, 4.69) is 20.1 Å². The number of thioether (sulfide) groups is 1. The summed E-state index contributed by atoms with van der Waals surface area (Å²) in [7, 11) is 1.58. The van der Waals surface area contributed by atoms with E-state index in [4.69, 9.17) is 9.26 Å². The number of hydrogen-bond donors (Lipinski definition) is 1. The van der Waals surface area contributed by atoms with Crippen molar-refractivity contribution >= 4 is 11.8 Å². The van der Waals surface area contributed by atoms with Crippen LogP contribution in [-0.2, 0) is 5.75 Å². The lowest BCUT2D eigenvalue weighted by molar-refractivity contribution is 0.391. The van der Waals surface area contributed by atoms with Crippen molar-refractivity contribution in [3.63, 3.8) is 0 Å². The van der Waals surface area contributed by atoms with E-state index < -0.39 is 0 Å². The lowest BCUT2D eigenvalue weighted by Gasteiger charge is -2.05. The molecule has 0 amide bonds. The number of methoxy groups -OCH3 is 1. The summed E-state index contributed by atoms with van der Waals surface area (Å²) in [4.78, 5) is 23.5. The van der Waals surface area contributed by atoms with Crippen molar-refractivity contribution in [3.05, 3.63) is 76.7 Å². The molecule has 0 saturated carbocycles. The number of nitrogens with one attached hydrogen (secondary N) is 1. The van der Waals surface area contributed by atoms with Crippen LogP contribution >= 0.6 is 11.8 Å². The van der Waals surface area contributed by atoms with Gasteiger partial charge in [0.05, 0.1) is 18.6 Å². The fourth-order valence-electron chi connectivity index (χ4n) is 2.59. The summed E-state index contributed by atoms with van der Waals surface area (Å²) in [6.45, 7) is 0. The molecule has 7 nitrogen and oxygen atoms in total. The standard InChI is InChI=1S/C20H15FN4O3S/c1-27-15-4-2-3-13(9-15)16-10-17(26)23-20(22-16)29-11-18-24-19(25-28-18)12-5-7-14(21)8-6-12/h2-10H,11H2,1H3,(H,22,23,26). The van der Waals surface area contributed by atoms with Crippen molar-refractivity contribution < 1.29 is 13.7 Å². The van der Waals surface area contributed by atoms with E-state index in [9.17, 15) is 9.18 Å². The van der Waals surface area contributed by atoms with Crippen molar-refractivity contribution in [2.45, 2.75) is 10.9 Å². The van der Waals surface area contributed by atoms with Gasteiger partial charge in [-0.15, -0.1) is 0 Å². The molecule has 2 heterocycles. The van der Waals surface area contributed by atoms with E-state index in [-0.39, 0.29) is 11.4 Å². The third-order valence-corrected chi connectivity index (χ3v) is 4.85. The molecule has 0 bridgehead atoms. The van der Waals surface area contributed by atoms with Crippen LogP contribution in [-0.4, -0.2) is 27.2 Å². The normalized spacial score (nSPS) is 10.8. The molecule has 29 heavy (non-hydrogen) atoms. The van der Waals surface area contributed by atoms with Crippen LogP contribution in [0.15, 0.2) is 69.1 Å². The van der Waals surface area contributed by atoms with Gasteiger partial charge in [-0.1, -0.05) is 29.1 Å². The molecule has 0 aliphatic heterocycles. The highest BCUT2D eigenvalue weighted by molar-refractivity contribution is 7.98. The summed E-state index contributed by atoms with van der Waals surface area (Å²) in [6.07, 6.45) is 0. The molecule has 2 aromatic carbocycles. The Bertz CT molecular complexity index is 1190. The third kappa shape index (κ3) is 4.52. The van der Waals surface area contributed by atoms with Crippen LogP contribution in [0, 0.1) is 5.82 Å². The molecule has 0 atom stereocenters. The number of H-pyrrole nitrogens is 1. The maximum Gasteiger partial charge on any atom is 0.252 e. The van der Waals surface area contributed by atoms with E-state index in [1.54, 1.807) is 19.2 Å². The lowest BCUT2D eigenvalue weighted by Crippen LogP contribution is -2.08. The highest BCUT2D eigenvalue weighted by Gasteiger charge is 2.11. The second kappa shape index (κ2) is 8.27. The first-order chi connectivity index (χ1) is 14.1. The van der Waals surface area contributed by atoms with Crippen molar-refractivity contribution in [1.82, 2.24) is 20.1 Å². The first-order valence-corrected chi connectivity index (χ1v) is 9.56. The second-order valence-corrected chi connectivity index (χ2v) is 6.94. The van der Waals surface area contributed by atoms with Gasteiger partial charge in [0.2, 0.25) is 11.7 Å². The Hall–Kier alpha value is -3.46. The second-order valence-electron chi connectivity index (χ2n) is 5.98. The topological polar surface area (TPSA) is 93.9 Å². The quantitative estimate of drug-likeness (QED) is 0.380. The molecule has 0 aliphatic rings. The lowest BCUT2D eigenvalue weighted by atomic mass is 10.1. The van der Waals surface area contributed by atoms with Crippen LogP contribution in [0.4, 0.5) is 4.39 Å². The van der Waals surface area contributed by atoms with Gasteiger partial charge < -0.3 is 14.2 Å². The SMILES string of the molecule is COc1cccc(-c2cc(=O)[nH]c(SCc3nc(-c4ccc(F)cc4)no3)n2)c1. The molecule has 0 fully saturated rings. The number of nitrogens with zero attached hydrogens (tertiary/aromatic N) is 3. The molecular weight excluding hydrogens is 395 g/mol. The minimum absolute atomic E-state index is 0.266. The highest BCUT2D eigenvalue weighted by Crippen LogP contribution is 2.25. The molecule has 0 radical (unpaired) electrons. The van der Waals surface area contributed by atoms with E-state index in [1.165, 1.54) is 30.0 Å². The number of aromatic nitrogens is 4. The van der Waals surface area contributed by atoms with Crippen molar-refractivity contribution in [3.8, 4) is 28.4 Å². The number of halogens is 1. The molecule has 0 aliphatic carbocycles. The van der Waals surface area contributed by atoms with Gasteiger partial charge in [0, 0.05) is 17.2 Å². The first-order valence-electron chi connectivity index (χ1n) is 8.58. The number of hydrogen-bond acceptors (Lipinski definition) is 7. The first kappa shape index (κ1) is 18.9. The average Bonchev–Trinajstić information content (AvgIpc) is 3.21. The summed E-state index contributed by atoms with van der Waals surface area (Å²) in [6, 6.07) is 14.6. The van der Waals surface area contributed by atoms with Crippen LogP contribution in [0.2, 0.25) is 0 Å². The smallest absolute Gasteiger partial charge is 0.252 e. The van der Waals surface area contributed by atoms with Gasteiger partial charge in [-0.05, 0) is 36.4 Å². The van der Waals surface area contributed by atoms with Crippen LogP contribution in [0.3, 0.4) is 0 Å². The number of benzene rings is 2. The summed E-state index contributed by atoms with van der Waals surface area (Å²) < 4.78 is 23.5. The van der Waals surface area contributed by atoms with E-state index >= 15 is 0 Å². The molecule has 4 aromatic rings. The van der Waals surface area contributed by atoms with Gasteiger partial charge in [-0.25, -0.2) is 9.37 Å². The molecular formula is C20H15FN4O3S. The molecule has 0 spiro atoms. The Balaban J connectivity index is 1.51. The predicted octanol–water partition coefficient (Wildman–Crippen LogP) is 3.93. The number of ether oxygens (including phenoxy) is 1. The zero-order chi connectivity index (χ0) is 20.2. The molecule has 1 N–H and O–H groups in total. The predicted molar refractivity (Wildman–Crippen MR) is 106 cm³/mol. The van der Waals surface area contributed by atoms with Crippen LogP contribution in [0.1, 0.15) is 5.89 Å². The summed E-state index contributed by atoms with van der Waals surface area (Å²) in [5.74, 6) is 1.39. The van der Waals surface area contributed by atoms with Crippen molar-refractivity contribution in [2.75, 3.05) is 7.11 Å². The maximum atomic E-state index is 13.0.